The van der Waals surface area contributed by atoms with Crippen molar-refractivity contribution in [2.45, 2.75) is 30.9 Å². The van der Waals surface area contributed by atoms with E-state index < -0.39 is 0 Å². The van der Waals surface area contributed by atoms with Crippen molar-refractivity contribution in [2.75, 3.05) is 14.2 Å². The minimum atomic E-state index is -0.221. The SMILES string of the molecule is CCn1c(CNC(=O)/C=C/c2ccc(OC)c(OC)c2)nnc1SCc1ccc(Cl)cc1. The predicted molar refractivity (Wildman–Crippen MR) is 127 cm³/mol. The van der Waals surface area contributed by atoms with Crippen LogP contribution in [-0.2, 0) is 23.6 Å². The van der Waals surface area contributed by atoms with Crippen molar-refractivity contribution in [3.8, 4) is 11.5 Å². The molecule has 2 aromatic carbocycles. The summed E-state index contributed by atoms with van der Waals surface area (Å²) in [5, 5.41) is 12.9. The highest BCUT2D eigenvalue weighted by atomic mass is 35.5. The highest BCUT2D eigenvalue weighted by Gasteiger charge is 2.12. The summed E-state index contributed by atoms with van der Waals surface area (Å²) in [5.41, 5.74) is 1.98. The van der Waals surface area contributed by atoms with E-state index in [1.165, 1.54) is 6.08 Å². The van der Waals surface area contributed by atoms with Crippen LogP contribution in [0.1, 0.15) is 23.9 Å². The lowest BCUT2D eigenvalue weighted by molar-refractivity contribution is -0.116. The van der Waals surface area contributed by atoms with E-state index in [-0.39, 0.29) is 12.5 Å². The summed E-state index contributed by atoms with van der Waals surface area (Å²) in [6, 6.07) is 13.2. The van der Waals surface area contributed by atoms with Gasteiger partial charge in [0, 0.05) is 23.4 Å². The van der Waals surface area contributed by atoms with E-state index in [1.807, 2.05) is 41.8 Å². The first kappa shape index (κ1) is 23.7. The zero-order valence-electron chi connectivity index (χ0n) is 18.2. The molecule has 0 saturated heterocycles. The van der Waals surface area contributed by atoms with Crippen molar-refractivity contribution in [3.63, 3.8) is 0 Å². The smallest absolute Gasteiger partial charge is 0.244 e. The molecule has 1 N–H and O–H groups in total. The van der Waals surface area contributed by atoms with E-state index in [1.54, 1.807) is 44.2 Å². The third-order valence-corrected chi connectivity index (χ3v) is 5.94. The van der Waals surface area contributed by atoms with Crippen LogP contribution in [0.3, 0.4) is 0 Å². The summed E-state index contributed by atoms with van der Waals surface area (Å²) >= 11 is 7.54. The van der Waals surface area contributed by atoms with Crippen LogP contribution in [0.4, 0.5) is 0 Å². The van der Waals surface area contributed by atoms with Crippen LogP contribution < -0.4 is 14.8 Å². The number of hydrogen-bond acceptors (Lipinski definition) is 6. The Morgan fingerprint density at radius 3 is 2.56 bits per heavy atom. The molecular formula is C23H25ClN4O3S. The van der Waals surface area contributed by atoms with Gasteiger partial charge in [-0.2, -0.15) is 0 Å². The number of nitrogens with one attached hydrogen (secondary N) is 1. The van der Waals surface area contributed by atoms with Gasteiger partial charge in [-0.25, -0.2) is 0 Å². The quantitative estimate of drug-likeness (QED) is 0.343. The van der Waals surface area contributed by atoms with Crippen LogP contribution in [0.2, 0.25) is 5.02 Å². The molecule has 0 radical (unpaired) electrons. The second-order valence-electron chi connectivity index (χ2n) is 6.72. The molecule has 9 heteroatoms. The molecule has 3 aromatic rings. The first-order valence-corrected chi connectivity index (χ1v) is 11.4. The number of rotatable bonds is 10. The molecule has 0 aliphatic heterocycles. The number of carbonyl (C=O) groups is 1. The van der Waals surface area contributed by atoms with Gasteiger partial charge in [-0.3, -0.25) is 4.79 Å². The highest BCUT2D eigenvalue weighted by molar-refractivity contribution is 7.98. The van der Waals surface area contributed by atoms with E-state index >= 15 is 0 Å². The zero-order chi connectivity index (χ0) is 22.9. The van der Waals surface area contributed by atoms with Crippen LogP contribution >= 0.6 is 23.4 Å². The summed E-state index contributed by atoms with van der Waals surface area (Å²) in [7, 11) is 3.15. The van der Waals surface area contributed by atoms with Gasteiger partial charge in [-0.15, -0.1) is 10.2 Å². The fourth-order valence-corrected chi connectivity index (χ4v) is 4.06. The Labute approximate surface area is 196 Å². The van der Waals surface area contributed by atoms with Gasteiger partial charge in [0.1, 0.15) is 0 Å². The van der Waals surface area contributed by atoms with Crippen molar-refractivity contribution in [2.24, 2.45) is 0 Å². The van der Waals surface area contributed by atoms with E-state index in [0.717, 1.165) is 22.0 Å². The number of aromatic nitrogens is 3. The lowest BCUT2D eigenvalue weighted by atomic mass is 10.2. The molecule has 0 aliphatic carbocycles. The van der Waals surface area contributed by atoms with Gasteiger partial charge in [-0.1, -0.05) is 41.6 Å². The number of thioether (sulfide) groups is 1. The van der Waals surface area contributed by atoms with Gasteiger partial charge in [0.05, 0.1) is 20.8 Å². The summed E-state index contributed by atoms with van der Waals surface area (Å²) < 4.78 is 12.5. The summed E-state index contributed by atoms with van der Waals surface area (Å²) in [5.74, 6) is 2.49. The lowest BCUT2D eigenvalue weighted by Gasteiger charge is -2.08. The van der Waals surface area contributed by atoms with Crippen LogP contribution in [0.25, 0.3) is 6.08 Å². The topological polar surface area (TPSA) is 78.3 Å². The van der Waals surface area contributed by atoms with Crippen LogP contribution in [-0.4, -0.2) is 34.9 Å². The molecule has 0 saturated carbocycles. The minimum absolute atomic E-state index is 0.221. The van der Waals surface area contributed by atoms with Crippen molar-refractivity contribution < 1.29 is 14.3 Å². The van der Waals surface area contributed by atoms with E-state index in [0.29, 0.717) is 28.9 Å². The number of carbonyl (C=O) groups excluding carboxylic acids is 1. The molecule has 0 fully saturated rings. The van der Waals surface area contributed by atoms with Gasteiger partial charge in [0.25, 0.3) is 0 Å². The molecular weight excluding hydrogens is 448 g/mol. The zero-order valence-corrected chi connectivity index (χ0v) is 19.7. The number of ether oxygens (including phenoxy) is 2. The van der Waals surface area contributed by atoms with Gasteiger partial charge in [0.15, 0.2) is 22.5 Å². The third kappa shape index (κ3) is 6.27. The predicted octanol–water partition coefficient (Wildman–Crippen LogP) is 4.59. The number of amides is 1. The number of halogens is 1. The summed E-state index contributed by atoms with van der Waals surface area (Å²) in [4.78, 5) is 12.3. The monoisotopic (exact) mass is 472 g/mol. The van der Waals surface area contributed by atoms with Crippen LogP contribution in [0.5, 0.6) is 11.5 Å². The molecule has 0 spiro atoms. The van der Waals surface area contributed by atoms with Gasteiger partial charge >= 0.3 is 0 Å². The van der Waals surface area contributed by atoms with Crippen molar-refractivity contribution in [3.05, 3.63) is 70.5 Å². The maximum Gasteiger partial charge on any atom is 0.244 e. The lowest BCUT2D eigenvalue weighted by Crippen LogP contribution is -2.22. The van der Waals surface area contributed by atoms with Crippen molar-refractivity contribution >= 4 is 35.3 Å². The van der Waals surface area contributed by atoms with E-state index in [9.17, 15) is 4.79 Å². The van der Waals surface area contributed by atoms with E-state index in [4.69, 9.17) is 21.1 Å². The fraction of sp³-hybridized carbons (Fsp3) is 0.261. The molecule has 0 atom stereocenters. The molecule has 1 aromatic heterocycles. The van der Waals surface area contributed by atoms with Crippen molar-refractivity contribution in [1.29, 1.82) is 0 Å². The first-order valence-electron chi connectivity index (χ1n) is 10.0. The van der Waals surface area contributed by atoms with Crippen LogP contribution in [0.15, 0.2) is 53.7 Å². The summed E-state index contributed by atoms with van der Waals surface area (Å²) in [6.07, 6.45) is 3.19. The molecule has 32 heavy (non-hydrogen) atoms. The number of nitrogens with zero attached hydrogens (tertiary/aromatic N) is 3. The Morgan fingerprint density at radius 2 is 1.88 bits per heavy atom. The first-order chi connectivity index (χ1) is 15.5. The minimum Gasteiger partial charge on any atom is -0.493 e. The Hall–Kier alpha value is -2.97. The Morgan fingerprint density at radius 1 is 1.12 bits per heavy atom. The molecule has 0 unspecified atom stereocenters. The van der Waals surface area contributed by atoms with Gasteiger partial charge < -0.3 is 19.4 Å². The third-order valence-electron chi connectivity index (χ3n) is 4.65. The highest BCUT2D eigenvalue weighted by Crippen LogP contribution is 2.28. The molecule has 1 amide bonds. The van der Waals surface area contributed by atoms with Crippen LogP contribution in [0, 0.1) is 0 Å². The Bertz CT molecular complexity index is 1080. The Balaban J connectivity index is 1.57. The molecule has 7 nitrogen and oxygen atoms in total. The average Bonchev–Trinajstić information content (AvgIpc) is 3.22. The van der Waals surface area contributed by atoms with Gasteiger partial charge in [0.2, 0.25) is 5.91 Å². The maximum absolute atomic E-state index is 12.3. The fourth-order valence-electron chi connectivity index (χ4n) is 2.96. The van der Waals surface area contributed by atoms with E-state index in [2.05, 4.69) is 15.5 Å². The maximum atomic E-state index is 12.3. The standard InChI is InChI=1S/C23H25ClN4O3S/c1-4-28-21(26-27-23(28)32-15-17-5-9-18(24)10-6-17)14-25-22(29)12-8-16-7-11-19(30-2)20(13-16)31-3/h5-13H,4,14-15H2,1-3H3,(H,25,29)/b12-8+. The molecule has 3 rings (SSSR count). The van der Waals surface area contributed by atoms with Crippen molar-refractivity contribution in [1.82, 2.24) is 20.1 Å². The Kier molecular flexibility index (Phi) is 8.58. The number of hydrogen-bond donors (Lipinski definition) is 1. The van der Waals surface area contributed by atoms with Gasteiger partial charge in [-0.05, 0) is 48.4 Å². The second-order valence-corrected chi connectivity index (χ2v) is 8.10. The molecule has 168 valence electrons. The summed E-state index contributed by atoms with van der Waals surface area (Å²) in [6.45, 7) is 3.03. The molecule has 0 aliphatic rings. The normalized spacial score (nSPS) is 11.0. The number of methoxy groups -OCH3 is 2. The second kappa shape index (κ2) is 11.6. The molecule has 1 heterocycles. The largest absolute Gasteiger partial charge is 0.493 e. The molecule has 0 bridgehead atoms. The number of benzene rings is 2. The average molecular weight is 473 g/mol.